The summed E-state index contributed by atoms with van der Waals surface area (Å²) in [5, 5.41) is 1.01. The van der Waals surface area contributed by atoms with E-state index in [4.69, 9.17) is 0 Å². The van der Waals surface area contributed by atoms with Crippen LogP contribution in [0.3, 0.4) is 0 Å². The summed E-state index contributed by atoms with van der Waals surface area (Å²) in [7, 11) is 0. The normalized spacial score (nSPS) is 15.7. The molecule has 6 nitrogen and oxygen atoms in total. The summed E-state index contributed by atoms with van der Waals surface area (Å²) in [4.78, 5) is 45.5. The number of imide groups is 1. The Morgan fingerprint density at radius 2 is 1.74 bits per heavy atom. The number of amides is 3. The van der Waals surface area contributed by atoms with E-state index < -0.39 is 23.7 Å². The fourth-order valence-electron chi connectivity index (χ4n) is 4.49. The molecule has 0 radical (unpaired) electrons. The SMILES string of the molecule is O=C1CC(N(CCc2c[nH]c3ccccc23)C(=O)c2ccccc2F)C(=O)N1c1ccc(I)cc1. The molecule has 5 rings (SSSR count). The zero-order chi connectivity index (χ0) is 24.5. The van der Waals surface area contributed by atoms with Gasteiger partial charge in [0, 0.05) is 27.2 Å². The summed E-state index contributed by atoms with van der Waals surface area (Å²) in [6, 6.07) is 19.5. The highest BCUT2D eigenvalue weighted by molar-refractivity contribution is 14.1. The Hall–Kier alpha value is -3.53. The Labute approximate surface area is 214 Å². The molecule has 2 heterocycles. The highest BCUT2D eigenvalue weighted by Crippen LogP contribution is 2.28. The molecule has 176 valence electrons. The summed E-state index contributed by atoms with van der Waals surface area (Å²) in [6.07, 6.45) is 2.15. The average molecular weight is 581 g/mol. The summed E-state index contributed by atoms with van der Waals surface area (Å²) in [5.74, 6) is -2.15. The van der Waals surface area contributed by atoms with Crippen LogP contribution in [0.2, 0.25) is 0 Å². The van der Waals surface area contributed by atoms with E-state index in [1.54, 1.807) is 18.2 Å². The lowest BCUT2D eigenvalue weighted by Gasteiger charge is -2.28. The quantitative estimate of drug-likeness (QED) is 0.260. The molecule has 1 N–H and O–H groups in total. The van der Waals surface area contributed by atoms with Crippen molar-refractivity contribution in [1.82, 2.24) is 9.88 Å². The van der Waals surface area contributed by atoms with Crippen LogP contribution in [0, 0.1) is 9.39 Å². The molecule has 3 aromatic carbocycles. The highest BCUT2D eigenvalue weighted by atomic mass is 127. The second-order valence-corrected chi connectivity index (χ2v) is 9.60. The molecule has 1 unspecified atom stereocenters. The van der Waals surface area contributed by atoms with Gasteiger partial charge in [-0.15, -0.1) is 0 Å². The third-order valence-electron chi connectivity index (χ3n) is 6.25. The van der Waals surface area contributed by atoms with Gasteiger partial charge >= 0.3 is 0 Å². The van der Waals surface area contributed by atoms with Crippen molar-refractivity contribution in [3.63, 3.8) is 0 Å². The predicted molar refractivity (Wildman–Crippen MR) is 139 cm³/mol. The maximum atomic E-state index is 14.5. The number of carbonyl (C=O) groups is 3. The van der Waals surface area contributed by atoms with Crippen molar-refractivity contribution in [3.05, 3.63) is 99.5 Å². The van der Waals surface area contributed by atoms with Crippen LogP contribution in [0.4, 0.5) is 10.1 Å². The second-order valence-electron chi connectivity index (χ2n) is 8.35. The molecule has 1 saturated heterocycles. The van der Waals surface area contributed by atoms with Gasteiger partial charge in [-0.2, -0.15) is 0 Å². The minimum Gasteiger partial charge on any atom is -0.361 e. The Morgan fingerprint density at radius 3 is 2.51 bits per heavy atom. The molecule has 4 aromatic rings. The minimum atomic E-state index is -1.01. The van der Waals surface area contributed by atoms with Crippen LogP contribution < -0.4 is 4.90 Å². The first-order valence-electron chi connectivity index (χ1n) is 11.2. The molecule has 8 heteroatoms. The molecular formula is C27H21FIN3O3. The van der Waals surface area contributed by atoms with Gasteiger partial charge in [0.2, 0.25) is 5.91 Å². The zero-order valence-corrected chi connectivity index (χ0v) is 20.7. The summed E-state index contributed by atoms with van der Waals surface area (Å²) >= 11 is 2.15. The number of hydrogen-bond donors (Lipinski definition) is 1. The third kappa shape index (κ3) is 4.45. The molecule has 1 aliphatic rings. The maximum Gasteiger partial charge on any atom is 0.257 e. The number of nitrogens with one attached hydrogen (secondary N) is 1. The van der Waals surface area contributed by atoms with E-state index in [-0.39, 0.29) is 24.4 Å². The van der Waals surface area contributed by atoms with Gasteiger partial charge < -0.3 is 9.88 Å². The van der Waals surface area contributed by atoms with E-state index in [0.717, 1.165) is 24.9 Å². The molecule has 0 spiro atoms. The van der Waals surface area contributed by atoms with E-state index in [2.05, 4.69) is 27.6 Å². The van der Waals surface area contributed by atoms with E-state index >= 15 is 0 Å². The lowest BCUT2D eigenvalue weighted by atomic mass is 10.1. The van der Waals surface area contributed by atoms with E-state index in [9.17, 15) is 18.8 Å². The van der Waals surface area contributed by atoms with Crippen LogP contribution >= 0.6 is 22.6 Å². The number of rotatable bonds is 6. The van der Waals surface area contributed by atoms with Crippen LogP contribution in [-0.4, -0.2) is 40.2 Å². The van der Waals surface area contributed by atoms with Gasteiger partial charge in [0.1, 0.15) is 11.9 Å². The zero-order valence-electron chi connectivity index (χ0n) is 18.6. The summed E-state index contributed by atoms with van der Waals surface area (Å²) in [5.41, 5.74) is 2.27. The fraction of sp³-hybridized carbons (Fsp3) is 0.148. The molecule has 3 amide bonds. The molecular weight excluding hydrogens is 560 g/mol. The number of hydrogen-bond acceptors (Lipinski definition) is 3. The lowest BCUT2D eigenvalue weighted by molar-refractivity contribution is -0.122. The Morgan fingerprint density at radius 1 is 1.03 bits per heavy atom. The van der Waals surface area contributed by atoms with Gasteiger partial charge in [0.15, 0.2) is 0 Å². The van der Waals surface area contributed by atoms with Gasteiger partial charge in [0.25, 0.3) is 11.8 Å². The first kappa shape index (κ1) is 23.2. The highest BCUT2D eigenvalue weighted by Gasteiger charge is 2.44. The molecule has 1 atom stereocenters. The molecule has 1 aliphatic heterocycles. The van der Waals surface area contributed by atoms with Crippen molar-refractivity contribution in [2.24, 2.45) is 0 Å². The number of para-hydroxylation sites is 1. The standard InChI is InChI=1S/C27H21FIN3O3/c28-22-7-3-1-6-21(22)26(34)31(14-13-17-16-30-23-8-4-2-5-20(17)23)24-15-25(33)32(27(24)35)19-11-9-18(29)10-12-19/h1-12,16,24,30H,13-15H2. The van der Waals surface area contributed by atoms with Gasteiger partial charge in [-0.1, -0.05) is 30.3 Å². The number of aromatic amines is 1. The number of aromatic nitrogens is 1. The van der Waals surface area contributed by atoms with Crippen molar-refractivity contribution in [3.8, 4) is 0 Å². The van der Waals surface area contributed by atoms with Crippen molar-refractivity contribution in [2.45, 2.75) is 18.9 Å². The number of anilines is 1. The monoisotopic (exact) mass is 581 g/mol. The number of H-pyrrole nitrogens is 1. The molecule has 0 saturated carbocycles. The van der Waals surface area contributed by atoms with Gasteiger partial charge in [-0.3, -0.25) is 14.4 Å². The number of halogens is 2. The van der Waals surface area contributed by atoms with Crippen LogP contribution in [0.1, 0.15) is 22.3 Å². The Balaban J connectivity index is 1.47. The van der Waals surface area contributed by atoms with Crippen LogP contribution in [0.5, 0.6) is 0 Å². The minimum absolute atomic E-state index is 0.126. The second kappa shape index (κ2) is 9.61. The Bertz CT molecular complexity index is 1430. The lowest BCUT2D eigenvalue weighted by Crippen LogP contribution is -2.46. The van der Waals surface area contributed by atoms with Crippen molar-refractivity contribution < 1.29 is 18.8 Å². The maximum absolute atomic E-state index is 14.5. The number of carbonyl (C=O) groups excluding carboxylic acids is 3. The number of benzene rings is 3. The fourth-order valence-corrected chi connectivity index (χ4v) is 4.85. The van der Waals surface area contributed by atoms with Crippen molar-refractivity contribution in [1.29, 1.82) is 0 Å². The molecule has 1 aromatic heterocycles. The summed E-state index contributed by atoms with van der Waals surface area (Å²) < 4.78 is 15.5. The van der Waals surface area contributed by atoms with Crippen LogP contribution in [0.15, 0.2) is 79.0 Å². The molecule has 35 heavy (non-hydrogen) atoms. The van der Waals surface area contributed by atoms with Crippen molar-refractivity contribution in [2.75, 3.05) is 11.4 Å². The predicted octanol–water partition coefficient (Wildman–Crippen LogP) is 4.93. The van der Waals surface area contributed by atoms with Gasteiger partial charge in [-0.25, -0.2) is 9.29 Å². The van der Waals surface area contributed by atoms with Crippen molar-refractivity contribution >= 4 is 56.9 Å². The Kier molecular flexibility index (Phi) is 6.38. The molecule has 1 fully saturated rings. The number of nitrogens with zero attached hydrogens (tertiary/aromatic N) is 2. The molecule has 0 aliphatic carbocycles. The van der Waals surface area contributed by atoms with E-state index in [1.807, 2.05) is 42.6 Å². The third-order valence-corrected chi connectivity index (χ3v) is 6.97. The largest absolute Gasteiger partial charge is 0.361 e. The van der Waals surface area contributed by atoms with Gasteiger partial charge in [-0.05, 0) is 77.0 Å². The van der Waals surface area contributed by atoms with E-state index in [0.29, 0.717) is 12.1 Å². The van der Waals surface area contributed by atoms with E-state index in [1.165, 1.54) is 23.1 Å². The molecule has 0 bridgehead atoms. The van der Waals surface area contributed by atoms with Crippen LogP contribution in [0.25, 0.3) is 10.9 Å². The topological polar surface area (TPSA) is 73.5 Å². The first-order valence-corrected chi connectivity index (χ1v) is 12.2. The average Bonchev–Trinajstić information content (AvgIpc) is 3.40. The van der Waals surface area contributed by atoms with Crippen LogP contribution in [-0.2, 0) is 16.0 Å². The summed E-state index contributed by atoms with van der Waals surface area (Å²) in [6.45, 7) is 0.152. The number of fused-ring (bicyclic) bond motifs is 1. The first-order chi connectivity index (χ1) is 16.9. The van der Waals surface area contributed by atoms with Gasteiger partial charge in [0.05, 0.1) is 17.7 Å². The smallest absolute Gasteiger partial charge is 0.257 e.